The Balaban J connectivity index is 1.75. The number of aromatic nitrogens is 1. The van der Waals surface area contributed by atoms with Gasteiger partial charge in [0, 0.05) is 0 Å². The van der Waals surface area contributed by atoms with Gasteiger partial charge in [-0.1, -0.05) is 18.2 Å². The summed E-state index contributed by atoms with van der Waals surface area (Å²) in [5.74, 6) is -0.221. The number of nitrogens with zero attached hydrogens (tertiary/aromatic N) is 1. The summed E-state index contributed by atoms with van der Waals surface area (Å²) in [6, 6.07) is 15.8. The van der Waals surface area contributed by atoms with E-state index in [2.05, 4.69) is 15.6 Å². The maximum atomic E-state index is 12.5. The average molecular weight is 391 g/mol. The number of ether oxygens (including phenoxy) is 2. The zero-order chi connectivity index (χ0) is 20.8. The molecule has 148 valence electrons. The number of aryl methyl sites for hydroxylation is 1. The van der Waals surface area contributed by atoms with E-state index in [1.165, 1.54) is 13.3 Å². The second-order valence-electron chi connectivity index (χ2n) is 6.25. The summed E-state index contributed by atoms with van der Waals surface area (Å²) in [5, 5.41) is 5.93. The third-order valence-corrected chi connectivity index (χ3v) is 4.21. The van der Waals surface area contributed by atoms with Crippen molar-refractivity contribution in [3.05, 3.63) is 77.6 Å². The molecular weight excluding hydrogens is 370 g/mol. The number of pyridine rings is 1. The van der Waals surface area contributed by atoms with Crippen molar-refractivity contribution in [3.8, 4) is 5.75 Å². The fraction of sp³-hybridized carbons (Fsp3) is 0.136. The van der Waals surface area contributed by atoms with Gasteiger partial charge in [0.05, 0.1) is 43.0 Å². The second kappa shape index (κ2) is 8.88. The highest BCUT2D eigenvalue weighted by molar-refractivity contribution is 6.04. The van der Waals surface area contributed by atoms with E-state index < -0.39 is 5.97 Å². The van der Waals surface area contributed by atoms with Crippen LogP contribution in [0, 0.1) is 6.92 Å². The Kier molecular flexibility index (Phi) is 6.09. The molecule has 0 fully saturated rings. The minimum absolute atomic E-state index is 0.250. The number of carbonyl (C=O) groups is 2. The Morgan fingerprint density at radius 2 is 1.76 bits per heavy atom. The van der Waals surface area contributed by atoms with Gasteiger partial charge in [0.15, 0.2) is 0 Å². The number of esters is 1. The van der Waals surface area contributed by atoms with Crippen molar-refractivity contribution in [2.75, 3.05) is 24.9 Å². The molecule has 2 aromatic carbocycles. The molecule has 7 nitrogen and oxygen atoms in total. The Bertz CT molecular complexity index is 1030. The van der Waals surface area contributed by atoms with Gasteiger partial charge in [-0.25, -0.2) is 9.78 Å². The zero-order valence-electron chi connectivity index (χ0n) is 16.4. The largest absolute Gasteiger partial charge is 0.495 e. The zero-order valence-corrected chi connectivity index (χ0v) is 16.4. The number of rotatable bonds is 6. The standard InChI is InChI=1S/C22H21N3O4/c1-14-8-11-20(28-2)19(12-14)25-21(26)18-10-9-15(13-23-18)24-17-7-5-4-6-16(17)22(27)29-3/h4-13,24H,1-3H3,(H,25,26). The first kappa shape index (κ1) is 19.9. The van der Waals surface area contributed by atoms with Crippen LogP contribution < -0.4 is 15.4 Å². The highest BCUT2D eigenvalue weighted by atomic mass is 16.5. The Morgan fingerprint density at radius 1 is 0.966 bits per heavy atom. The number of carbonyl (C=O) groups excluding carboxylic acids is 2. The van der Waals surface area contributed by atoms with Crippen molar-refractivity contribution in [1.29, 1.82) is 0 Å². The van der Waals surface area contributed by atoms with Gasteiger partial charge in [-0.15, -0.1) is 0 Å². The Labute approximate surface area is 168 Å². The number of methoxy groups -OCH3 is 2. The maximum absolute atomic E-state index is 12.5. The first-order chi connectivity index (χ1) is 14.0. The molecule has 1 heterocycles. The van der Waals surface area contributed by atoms with Crippen molar-refractivity contribution in [1.82, 2.24) is 4.98 Å². The van der Waals surface area contributed by atoms with Gasteiger partial charge in [0.25, 0.3) is 5.91 Å². The van der Waals surface area contributed by atoms with Gasteiger partial charge < -0.3 is 20.1 Å². The molecule has 2 N–H and O–H groups in total. The van der Waals surface area contributed by atoms with E-state index in [9.17, 15) is 9.59 Å². The molecule has 0 aliphatic heterocycles. The van der Waals surface area contributed by atoms with Gasteiger partial charge in [-0.2, -0.15) is 0 Å². The average Bonchev–Trinajstić information content (AvgIpc) is 2.74. The van der Waals surface area contributed by atoms with E-state index in [1.807, 2.05) is 19.1 Å². The molecule has 3 rings (SSSR count). The van der Waals surface area contributed by atoms with Gasteiger partial charge in [-0.05, 0) is 48.9 Å². The summed E-state index contributed by atoms with van der Waals surface area (Å²) in [4.78, 5) is 28.6. The van der Waals surface area contributed by atoms with Crippen LogP contribution in [0.3, 0.4) is 0 Å². The Morgan fingerprint density at radius 3 is 2.45 bits per heavy atom. The van der Waals surface area contributed by atoms with Crippen LogP contribution in [0.4, 0.5) is 17.1 Å². The predicted octanol–water partition coefficient (Wildman–Crippen LogP) is 4.18. The van der Waals surface area contributed by atoms with Crippen LogP contribution in [0.5, 0.6) is 5.75 Å². The van der Waals surface area contributed by atoms with Crippen LogP contribution in [0.25, 0.3) is 0 Å². The predicted molar refractivity (Wildman–Crippen MR) is 111 cm³/mol. The lowest BCUT2D eigenvalue weighted by atomic mass is 10.1. The molecule has 0 bridgehead atoms. The number of para-hydroxylation sites is 1. The molecule has 0 aliphatic rings. The van der Waals surface area contributed by atoms with Crippen molar-refractivity contribution in [2.45, 2.75) is 6.92 Å². The van der Waals surface area contributed by atoms with E-state index in [4.69, 9.17) is 9.47 Å². The summed E-state index contributed by atoms with van der Waals surface area (Å²) in [7, 11) is 2.88. The molecule has 0 radical (unpaired) electrons. The van der Waals surface area contributed by atoms with E-state index >= 15 is 0 Å². The highest BCUT2D eigenvalue weighted by Crippen LogP contribution is 2.26. The molecule has 0 saturated carbocycles. The van der Waals surface area contributed by atoms with Crippen LogP contribution in [0.1, 0.15) is 26.4 Å². The highest BCUT2D eigenvalue weighted by Gasteiger charge is 2.13. The fourth-order valence-electron chi connectivity index (χ4n) is 2.74. The lowest BCUT2D eigenvalue weighted by Gasteiger charge is -2.12. The topological polar surface area (TPSA) is 89.5 Å². The lowest BCUT2D eigenvalue weighted by molar-refractivity contribution is 0.0601. The number of hydrogen-bond acceptors (Lipinski definition) is 6. The summed E-state index contributed by atoms with van der Waals surface area (Å²) < 4.78 is 10.1. The molecule has 7 heteroatoms. The molecule has 0 atom stereocenters. The molecule has 0 saturated heterocycles. The molecular formula is C22H21N3O4. The molecule has 29 heavy (non-hydrogen) atoms. The second-order valence-corrected chi connectivity index (χ2v) is 6.25. The molecule has 3 aromatic rings. The third-order valence-electron chi connectivity index (χ3n) is 4.21. The lowest BCUT2D eigenvalue weighted by Crippen LogP contribution is -2.14. The van der Waals surface area contributed by atoms with Crippen molar-refractivity contribution in [2.24, 2.45) is 0 Å². The van der Waals surface area contributed by atoms with Crippen LogP contribution in [0.2, 0.25) is 0 Å². The Hall–Kier alpha value is -3.87. The SMILES string of the molecule is COC(=O)c1ccccc1Nc1ccc(C(=O)Nc2cc(C)ccc2OC)nc1. The summed E-state index contributed by atoms with van der Waals surface area (Å²) in [5.41, 5.74) is 3.45. The minimum Gasteiger partial charge on any atom is -0.495 e. The molecule has 1 amide bonds. The first-order valence-corrected chi connectivity index (χ1v) is 8.88. The van der Waals surface area contributed by atoms with E-state index in [0.717, 1.165) is 5.56 Å². The monoisotopic (exact) mass is 391 g/mol. The molecule has 0 unspecified atom stereocenters. The number of amides is 1. The maximum Gasteiger partial charge on any atom is 0.339 e. The summed E-state index contributed by atoms with van der Waals surface area (Å²) in [6.07, 6.45) is 1.52. The smallest absolute Gasteiger partial charge is 0.339 e. The van der Waals surface area contributed by atoms with Crippen LogP contribution in [0.15, 0.2) is 60.8 Å². The summed E-state index contributed by atoms with van der Waals surface area (Å²) >= 11 is 0. The fourth-order valence-corrected chi connectivity index (χ4v) is 2.74. The summed E-state index contributed by atoms with van der Waals surface area (Å²) in [6.45, 7) is 1.93. The third kappa shape index (κ3) is 4.70. The van der Waals surface area contributed by atoms with Gasteiger partial charge in [-0.3, -0.25) is 4.79 Å². The molecule has 0 spiro atoms. The van der Waals surface area contributed by atoms with Crippen LogP contribution in [-0.4, -0.2) is 31.1 Å². The van der Waals surface area contributed by atoms with E-state index in [0.29, 0.717) is 28.4 Å². The van der Waals surface area contributed by atoms with Gasteiger partial charge in [0.2, 0.25) is 0 Å². The first-order valence-electron chi connectivity index (χ1n) is 8.88. The minimum atomic E-state index is -0.441. The molecule has 1 aromatic heterocycles. The van der Waals surface area contributed by atoms with Gasteiger partial charge in [0.1, 0.15) is 11.4 Å². The number of nitrogens with one attached hydrogen (secondary N) is 2. The quantitative estimate of drug-likeness (QED) is 0.613. The number of anilines is 3. The number of hydrogen-bond donors (Lipinski definition) is 2. The van der Waals surface area contributed by atoms with Crippen LogP contribution in [-0.2, 0) is 4.74 Å². The van der Waals surface area contributed by atoms with Gasteiger partial charge >= 0.3 is 5.97 Å². The normalized spacial score (nSPS) is 10.2. The van der Waals surface area contributed by atoms with Crippen molar-refractivity contribution < 1.29 is 19.1 Å². The van der Waals surface area contributed by atoms with E-state index in [1.54, 1.807) is 49.6 Å². The van der Waals surface area contributed by atoms with Crippen molar-refractivity contribution in [3.63, 3.8) is 0 Å². The number of benzene rings is 2. The van der Waals surface area contributed by atoms with E-state index in [-0.39, 0.29) is 11.6 Å². The molecule has 0 aliphatic carbocycles. The van der Waals surface area contributed by atoms with Crippen LogP contribution >= 0.6 is 0 Å². The van der Waals surface area contributed by atoms with Crippen molar-refractivity contribution >= 4 is 28.9 Å².